The Balaban J connectivity index is 2.08. The summed E-state index contributed by atoms with van der Waals surface area (Å²) in [6, 6.07) is 0. The largest absolute Gasteiger partial charge is 0.298 e. The second-order valence-electron chi connectivity index (χ2n) is 4.48. The fourth-order valence-corrected chi connectivity index (χ4v) is 3.04. The van der Waals surface area contributed by atoms with E-state index in [1.54, 1.807) is 0 Å². The first-order valence-corrected chi connectivity index (χ1v) is 7.00. The molecule has 2 heteroatoms. The number of rotatable bonds is 6. The average Bonchev–Trinajstić information content (AvgIpc) is 2.70. The van der Waals surface area contributed by atoms with Crippen molar-refractivity contribution in [3.05, 3.63) is 0 Å². The van der Waals surface area contributed by atoms with Gasteiger partial charge in [-0.05, 0) is 24.5 Å². The predicted molar refractivity (Wildman–Crippen MR) is 63.7 cm³/mol. The van der Waals surface area contributed by atoms with Crippen LogP contribution < -0.4 is 0 Å². The molecule has 1 saturated carbocycles. The van der Waals surface area contributed by atoms with E-state index in [1.165, 1.54) is 19.3 Å². The normalized spacial score (nSPS) is 19.9. The zero-order valence-electron chi connectivity index (χ0n) is 9.42. The molecule has 0 radical (unpaired) electrons. The van der Waals surface area contributed by atoms with Gasteiger partial charge in [-0.15, -0.1) is 0 Å². The molecule has 0 aromatic carbocycles. The van der Waals surface area contributed by atoms with Gasteiger partial charge in [-0.3, -0.25) is 4.79 Å². The number of thioether (sulfide) groups is 1. The van der Waals surface area contributed by atoms with Gasteiger partial charge >= 0.3 is 0 Å². The van der Waals surface area contributed by atoms with Crippen LogP contribution in [0.15, 0.2) is 0 Å². The Morgan fingerprint density at radius 2 is 2.07 bits per heavy atom. The monoisotopic (exact) mass is 214 g/mol. The zero-order valence-corrected chi connectivity index (χ0v) is 10.2. The number of hydrogen-bond donors (Lipinski definition) is 0. The minimum Gasteiger partial charge on any atom is -0.298 e. The van der Waals surface area contributed by atoms with E-state index >= 15 is 0 Å². The van der Waals surface area contributed by atoms with Crippen molar-refractivity contribution >= 4 is 17.5 Å². The molecule has 0 aliphatic heterocycles. The molecule has 0 spiro atoms. The molecule has 0 amide bonds. The maximum Gasteiger partial charge on any atom is 0.145 e. The van der Waals surface area contributed by atoms with E-state index in [0.717, 1.165) is 30.3 Å². The lowest BCUT2D eigenvalue weighted by molar-refractivity contribution is -0.120. The standard InChI is InChI=1S/C12H22OS/c1-3-10(2)8-14-9-12(13)11-6-4-5-7-11/h10-11H,3-9H2,1-2H3. The van der Waals surface area contributed by atoms with Gasteiger partial charge in [0.05, 0.1) is 5.75 Å². The van der Waals surface area contributed by atoms with Gasteiger partial charge in [0.2, 0.25) is 0 Å². The highest BCUT2D eigenvalue weighted by Gasteiger charge is 2.22. The van der Waals surface area contributed by atoms with E-state index in [0.29, 0.717) is 11.7 Å². The molecule has 1 atom stereocenters. The van der Waals surface area contributed by atoms with Gasteiger partial charge in [-0.25, -0.2) is 0 Å². The van der Waals surface area contributed by atoms with Crippen molar-refractivity contribution in [2.45, 2.75) is 46.0 Å². The molecule has 1 unspecified atom stereocenters. The van der Waals surface area contributed by atoms with Gasteiger partial charge in [0, 0.05) is 5.92 Å². The quantitative estimate of drug-likeness (QED) is 0.673. The molecule has 0 aromatic heterocycles. The first-order chi connectivity index (χ1) is 6.74. The second kappa shape index (κ2) is 6.49. The highest BCUT2D eigenvalue weighted by molar-refractivity contribution is 7.99. The molecule has 0 heterocycles. The van der Waals surface area contributed by atoms with Crippen LogP contribution in [0.4, 0.5) is 0 Å². The minimum absolute atomic E-state index is 0.416. The molecular formula is C12H22OS. The summed E-state index contributed by atoms with van der Waals surface area (Å²) in [6.07, 6.45) is 6.08. The zero-order chi connectivity index (χ0) is 10.4. The summed E-state index contributed by atoms with van der Waals surface area (Å²) in [5.41, 5.74) is 0. The third-order valence-corrected chi connectivity index (χ3v) is 4.45. The lowest BCUT2D eigenvalue weighted by Gasteiger charge is -2.09. The molecule has 1 aliphatic rings. The van der Waals surface area contributed by atoms with Crippen molar-refractivity contribution in [2.24, 2.45) is 11.8 Å². The molecule has 0 saturated heterocycles. The lowest BCUT2D eigenvalue weighted by atomic mass is 10.0. The number of carbonyl (C=O) groups is 1. The smallest absolute Gasteiger partial charge is 0.145 e. The van der Waals surface area contributed by atoms with E-state index < -0.39 is 0 Å². The number of hydrogen-bond acceptors (Lipinski definition) is 2. The van der Waals surface area contributed by atoms with Crippen LogP contribution in [0.3, 0.4) is 0 Å². The van der Waals surface area contributed by atoms with Crippen LogP contribution in [0.1, 0.15) is 46.0 Å². The molecule has 82 valence electrons. The van der Waals surface area contributed by atoms with Crippen LogP contribution >= 0.6 is 11.8 Å². The number of ketones is 1. The molecule has 0 aromatic rings. The lowest BCUT2D eigenvalue weighted by Crippen LogP contribution is -2.14. The maximum absolute atomic E-state index is 11.7. The van der Waals surface area contributed by atoms with Crippen LogP contribution in [-0.2, 0) is 4.79 Å². The Morgan fingerprint density at radius 3 is 2.64 bits per heavy atom. The van der Waals surface area contributed by atoms with Crippen LogP contribution in [0.5, 0.6) is 0 Å². The molecule has 1 rings (SSSR count). The highest BCUT2D eigenvalue weighted by atomic mass is 32.2. The molecule has 1 nitrogen and oxygen atoms in total. The van der Waals surface area contributed by atoms with Crippen LogP contribution in [0.2, 0.25) is 0 Å². The van der Waals surface area contributed by atoms with E-state index in [9.17, 15) is 4.79 Å². The van der Waals surface area contributed by atoms with E-state index in [4.69, 9.17) is 0 Å². The second-order valence-corrected chi connectivity index (χ2v) is 5.51. The summed E-state index contributed by atoms with van der Waals surface area (Å²) < 4.78 is 0. The highest BCUT2D eigenvalue weighted by Crippen LogP contribution is 2.26. The average molecular weight is 214 g/mol. The fourth-order valence-electron chi connectivity index (χ4n) is 1.84. The molecular weight excluding hydrogens is 192 g/mol. The van der Waals surface area contributed by atoms with Gasteiger partial charge < -0.3 is 0 Å². The Hall–Kier alpha value is 0.0200. The van der Waals surface area contributed by atoms with Gasteiger partial charge in [0.25, 0.3) is 0 Å². The Labute approximate surface area is 92.0 Å². The van der Waals surface area contributed by atoms with E-state index in [-0.39, 0.29) is 0 Å². The van der Waals surface area contributed by atoms with Crippen molar-refractivity contribution in [1.82, 2.24) is 0 Å². The van der Waals surface area contributed by atoms with Gasteiger partial charge in [-0.1, -0.05) is 33.1 Å². The summed E-state index contributed by atoms with van der Waals surface area (Å²) in [5, 5.41) is 0. The van der Waals surface area contributed by atoms with Crippen LogP contribution in [0.25, 0.3) is 0 Å². The molecule has 1 fully saturated rings. The number of Topliss-reactive ketones (excluding diaryl/α,β-unsaturated/α-hetero) is 1. The minimum atomic E-state index is 0.416. The Morgan fingerprint density at radius 1 is 1.43 bits per heavy atom. The van der Waals surface area contributed by atoms with Crippen molar-refractivity contribution in [3.8, 4) is 0 Å². The summed E-state index contributed by atoms with van der Waals surface area (Å²) >= 11 is 1.83. The van der Waals surface area contributed by atoms with Gasteiger partial charge in [-0.2, -0.15) is 11.8 Å². The van der Waals surface area contributed by atoms with Crippen molar-refractivity contribution in [2.75, 3.05) is 11.5 Å². The Kier molecular flexibility index (Phi) is 5.61. The summed E-state index contributed by atoms with van der Waals surface area (Å²) in [6.45, 7) is 4.47. The third-order valence-electron chi connectivity index (χ3n) is 3.15. The third kappa shape index (κ3) is 4.04. The van der Waals surface area contributed by atoms with Crippen molar-refractivity contribution in [1.29, 1.82) is 0 Å². The summed E-state index contributed by atoms with van der Waals surface area (Å²) in [4.78, 5) is 11.7. The summed E-state index contributed by atoms with van der Waals surface area (Å²) in [7, 11) is 0. The van der Waals surface area contributed by atoms with Crippen LogP contribution in [-0.4, -0.2) is 17.3 Å². The first kappa shape index (κ1) is 12.1. The predicted octanol–water partition coefficient (Wildman–Crippen LogP) is 3.53. The molecule has 1 aliphatic carbocycles. The van der Waals surface area contributed by atoms with Gasteiger partial charge in [0.15, 0.2) is 0 Å². The summed E-state index contributed by atoms with van der Waals surface area (Å²) in [5.74, 6) is 3.59. The maximum atomic E-state index is 11.7. The fraction of sp³-hybridized carbons (Fsp3) is 0.917. The molecule has 0 bridgehead atoms. The SMILES string of the molecule is CCC(C)CSCC(=O)C1CCCC1. The van der Waals surface area contributed by atoms with E-state index in [2.05, 4.69) is 13.8 Å². The molecule has 0 N–H and O–H groups in total. The van der Waals surface area contributed by atoms with Crippen LogP contribution in [0, 0.1) is 11.8 Å². The topological polar surface area (TPSA) is 17.1 Å². The van der Waals surface area contributed by atoms with Gasteiger partial charge in [0.1, 0.15) is 5.78 Å². The van der Waals surface area contributed by atoms with Crippen molar-refractivity contribution in [3.63, 3.8) is 0 Å². The van der Waals surface area contributed by atoms with Crippen molar-refractivity contribution < 1.29 is 4.79 Å². The first-order valence-electron chi connectivity index (χ1n) is 5.84. The number of carbonyl (C=O) groups excluding carboxylic acids is 1. The molecule has 14 heavy (non-hydrogen) atoms. The van der Waals surface area contributed by atoms with E-state index in [1.807, 2.05) is 11.8 Å². The Bertz CT molecular complexity index is 173.